The predicted octanol–water partition coefficient (Wildman–Crippen LogP) is 6.20. The van der Waals surface area contributed by atoms with Gasteiger partial charge in [0.2, 0.25) is 35.7 Å². The third kappa shape index (κ3) is 9.98. The van der Waals surface area contributed by atoms with Crippen LogP contribution in [0.1, 0.15) is 63.8 Å². The van der Waals surface area contributed by atoms with Crippen LogP contribution >= 0.6 is 0 Å². The zero-order chi connectivity index (χ0) is 36.9. The fourth-order valence-corrected chi connectivity index (χ4v) is 5.59. The van der Waals surface area contributed by atoms with Crippen molar-refractivity contribution in [3.8, 4) is 11.4 Å². The Labute approximate surface area is 307 Å². The molecule has 0 radical (unpaired) electrons. The molecule has 4 aromatic heterocycles. The molecule has 274 valence electrons. The van der Waals surface area contributed by atoms with E-state index in [-0.39, 0.29) is 0 Å². The van der Waals surface area contributed by atoms with E-state index in [1.807, 2.05) is 43.6 Å². The summed E-state index contributed by atoms with van der Waals surface area (Å²) in [6.45, 7) is 21.1. The molecule has 14 nitrogen and oxygen atoms in total. The Bertz CT molecular complexity index is 1810. The maximum atomic E-state index is 4.77. The Balaban J connectivity index is 1.26. The lowest BCUT2D eigenvalue weighted by atomic mass is 10.1. The average molecular weight is 705 g/mol. The van der Waals surface area contributed by atoms with E-state index in [2.05, 4.69) is 106 Å². The highest BCUT2D eigenvalue weighted by atomic mass is 15.4. The van der Waals surface area contributed by atoms with E-state index in [1.165, 1.54) is 0 Å². The van der Waals surface area contributed by atoms with Gasteiger partial charge in [-0.2, -0.15) is 29.9 Å². The van der Waals surface area contributed by atoms with E-state index < -0.39 is 0 Å². The van der Waals surface area contributed by atoms with Crippen molar-refractivity contribution in [2.45, 2.75) is 68.1 Å². The summed E-state index contributed by atoms with van der Waals surface area (Å²) in [6, 6.07) is 16.4. The number of aromatic nitrogens is 8. The molecule has 0 aliphatic heterocycles. The summed E-state index contributed by atoms with van der Waals surface area (Å²) in [6.07, 6.45) is 3.71. The molecule has 0 aliphatic rings. The Morgan fingerprint density at radius 3 is 1.31 bits per heavy atom. The lowest BCUT2D eigenvalue weighted by Gasteiger charge is -2.23. The van der Waals surface area contributed by atoms with Crippen molar-refractivity contribution in [2.24, 2.45) is 0 Å². The summed E-state index contributed by atoms with van der Waals surface area (Å²) < 4.78 is 0. The van der Waals surface area contributed by atoms with Crippen LogP contribution in [-0.2, 0) is 19.6 Å². The summed E-state index contributed by atoms with van der Waals surface area (Å²) in [4.78, 5) is 44.0. The van der Waals surface area contributed by atoms with Gasteiger partial charge >= 0.3 is 0 Å². The molecule has 0 saturated carbocycles. The second-order valence-corrected chi connectivity index (χ2v) is 12.2. The monoisotopic (exact) mass is 704 g/mol. The first-order valence-electron chi connectivity index (χ1n) is 18.3. The second kappa shape index (κ2) is 18.5. The highest BCUT2D eigenvalue weighted by molar-refractivity contribution is 5.54. The van der Waals surface area contributed by atoms with Crippen molar-refractivity contribution >= 4 is 35.7 Å². The minimum atomic E-state index is 0.493. The Morgan fingerprint density at radius 2 is 0.885 bits per heavy atom. The molecule has 0 saturated heterocycles. The van der Waals surface area contributed by atoms with Gasteiger partial charge in [0.1, 0.15) is 0 Å². The zero-order valence-corrected chi connectivity index (χ0v) is 31.6. The van der Waals surface area contributed by atoms with Crippen LogP contribution in [0.3, 0.4) is 0 Å². The van der Waals surface area contributed by atoms with Crippen LogP contribution in [0.4, 0.5) is 35.7 Å². The van der Waals surface area contributed by atoms with Gasteiger partial charge in [0.05, 0.1) is 11.4 Å². The normalized spacial score (nSPS) is 10.9. The fraction of sp³-hybridized carbons (Fsp3) is 0.421. The smallest absolute Gasteiger partial charge is 0.231 e. The topological polar surface area (TPSA) is 149 Å². The molecule has 0 aliphatic carbocycles. The van der Waals surface area contributed by atoms with Crippen molar-refractivity contribution in [1.82, 2.24) is 39.9 Å². The number of benzene rings is 1. The Morgan fingerprint density at radius 1 is 0.462 bits per heavy atom. The van der Waals surface area contributed by atoms with Gasteiger partial charge in [0.15, 0.2) is 0 Å². The molecular weight excluding hydrogens is 653 g/mol. The molecule has 3 N–H and O–H groups in total. The lowest BCUT2D eigenvalue weighted by Crippen LogP contribution is -2.29. The van der Waals surface area contributed by atoms with E-state index in [9.17, 15) is 0 Å². The number of anilines is 6. The van der Waals surface area contributed by atoms with Gasteiger partial charge in [-0.1, -0.05) is 36.4 Å². The van der Waals surface area contributed by atoms with Crippen LogP contribution in [0.25, 0.3) is 11.4 Å². The highest BCUT2D eigenvalue weighted by Crippen LogP contribution is 2.20. The fourth-order valence-electron chi connectivity index (χ4n) is 5.59. The van der Waals surface area contributed by atoms with Gasteiger partial charge in [-0.15, -0.1) is 0 Å². The summed E-state index contributed by atoms with van der Waals surface area (Å²) in [5, 5.41) is 10.2. The van der Waals surface area contributed by atoms with Crippen molar-refractivity contribution < 1.29 is 0 Å². The molecule has 0 amide bonds. The summed E-state index contributed by atoms with van der Waals surface area (Å²) in [5.41, 5.74) is 6.00. The lowest BCUT2D eigenvalue weighted by molar-refractivity contribution is 0.776. The van der Waals surface area contributed by atoms with Crippen molar-refractivity contribution in [1.29, 1.82) is 0 Å². The third-order valence-corrected chi connectivity index (χ3v) is 8.72. The van der Waals surface area contributed by atoms with Gasteiger partial charge in [0, 0.05) is 71.3 Å². The number of hydrogen-bond donors (Lipinski definition) is 3. The Kier molecular flexibility index (Phi) is 13.4. The molecular formula is C38H52N14. The van der Waals surface area contributed by atoms with Crippen molar-refractivity contribution in [3.63, 3.8) is 0 Å². The minimum absolute atomic E-state index is 0.493. The van der Waals surface area contributed by atoms with E-state index >= 15 is 0 Å². The van der Waals surface area contributed by atoms with Gasteiger partial charge in [0.25, 0.3) is 0 Å². The molecule has 14 heteroatoms. The molecule has 0 atom stereocenters. The van der Waals surface area contributed by atoms with Gasteiger partial charge in [-0.05, 0) is 82.9 Å². The predicted molar refractivity (Wildman–Crippen MR) is 211 cm³/mol. The average Bonchev–Trinajstić information content (AvgIpc) is 3.18. The largest absolute Gasteiger partial charge is 0.350 e. The number of aryl methyl sites for hydroxylation is 1. The summed E-state index contributed by atoms with van der Waals surface area (Å²) in [7, 11) is 0. The van der Waals surface area contributed by atoms with Gasteiger partial charge in [-0.25, -0.2) is 0 Å². The first-order valence-corrected chi connectivity index (χ1v) is 18.3. The molecule has 0 bridgehead atoms. The maximum absolute atomic E-state index is 4.77. The van der Waals surface area contributed by atoms with Crippen LogP contribution < -0.4 is 30.7 Å². The number of rotatable bonds is 19. The quantitative estimate of drug-likeness (QED) is 0.0896. The Hall–Kier alpha value is -5.66. The molecule has 5 aromatic rings. The molecule has 0 unspecified atom stereocenters. The molecule has 0 fully saturated rings. The van der Waals surface area contributed by atoms with Crippen LogP contribution in [0, 0.1) is 6.92 Å². The van der Waals surface area contributed by atoms with Gasteiger partial charge < -0.3 is 30.7 Å². The first-order chi connectivity index (χ1) is 25.4. The summed E-state index contributed by atoms with van der Waals surface area (Å²) in [5.74, 6) is 3.54. The first kappa shape index (κ1) is 37.6. The van der Waals surface area contributed by atoms with Crippen LogP contribution in [0.5, 0.6) is 0 Å². The number of nitrogens with zero attached hydrogens (tertiary/aromatic N) is 11. The number of pyridine rings is 2. The maximum Gasteiger partial charge on any atom is 0.231 e. The number of nitrogens with one attached hydrogen (secondary N) is 3. The van der Waals surface area contributed by atoms with Crippen LogP contribution in [0.2, 0.25) is 0 Å². The van der Waals surface area contributed by atoms with E-state index in [4.69, 9.17) is 29.9 Å². The van der Waals surface area contributed by atoms with Crippen LogP contribution in [-0.4, -0.2) is 79.1 Å². The molecule has 1 aromatic carbocycles. The highest BCUT2D eigenvalue weighted by Gasteiger charge is 2.15. The zero-order valence-electron chi connectivity index (χ0n) is 31.6. The van der Waals surface area contributed by atoms with Crippen molar-refractivity contribution in [2.75, 3.05) is 69.9 Å². The van der Waals surface area contributed by atoms with E-state index in [0.29, 0.717) is 55.3 Å². The van der Waals surface area contributed by atoms with Crippen molar-refractivity contribution in [3.05, 3.63) is 83.2 Å². The van der Waals surface area contributed by atoms with Crippen LogP contribution in [0.15, 0.2) is 60.9 Å². The molecule has 52 heavy (non-hydrogen) atoms. The SMILES string of the molecule is CCN(CC)c1nc(NCc2ccc(-c3ccc(C)cn3)nc2)nc(NCc2cccc(CNc3nc(N(CC)CC)nc(N(CC)CC)n3)c2)n1. The number of hydrogen-bond acceptors (Lipinski definition) is 14. The van der Waals surface area contributed by atoms with E-state index in [0.717, 1.165) is 72.9 Å². The molecule has 0 spiro atoms. The molecule has 4 heterocycles. The standard InChI is InChI=1S/C38H52N14/c1-8-50(9-2)36-45-33(44-34(46-36)43-26-30-18-20-32(40-25-30)31-19-17-27(7)22-39-31)41-23-28-15-14-16-29(21-28)24-42-35-47-37(51(10-3)11-4)49-38(48-35)52(12-5)13-6/h14-22,25H,8-13,23-24,26H2,1-7H3,(H,42,47,48,49)(H2,41,43,44,45,46). The summed E-state index contributed by atoms with van der Waals surface area (Å²) >= 11 is 0. The minimum Gasteiger partial charge on any atom is -0.350 e. The molecule has 5 rings (SSSR count). The third-order valence-electron chi connectivity index (χ3n) is 8.72. The van der Waals surface area contributed by atoms with Gasteiger partial charge in [-0.3, -0.25) is 9.97 Å². The second-order valence-electron chi connectivity index (χ2n) is 12.2. The van der Waals surface area contributed by atoms with E-state index in [1.54, 1.807) is 0 Å².